The average Bonchev–Trinajstić information content (AvgIpc) is 2.80. The molecule has 0 unspecified atom stereocenters. The van der Waals surface area contributed by atoms with Crippen LogP contribution in [0.3, 0.4) is 0 Å². The molecular weight excluding hydrogens is 438 g/mol. The van der Waals surface area contributed by atoms with E-state index in [0.29, 0.717) is 5.52 Å². The highest BCUT2D eigenvalue weighted by atomic mass is 19.1. The van der Waals surface area contributed by atoms with E-state index in [9.17, 15) is 18.4 Å². The molecule has 9 nitrogen and oxygen atoms in total. The number of rotatable bonds is 6. The van der Waals surface area contributed by atoms with Gasteiger partial charge in [0.2, 0.25) is 11.8 Å². The van der Waals surface area contributed by atoms with Gasteiger partial charge in [0.1, 0.15) is 16.7 Å². The Morgan fingerprint density at radius 1 is 1.09 bits per heavy atom. The van der Waals surface area contributed by atoms with Crippen molar-refractivity contribution in [3.8, 4) is 23.3 Å². The van der Waals surface area contributed by atoms with Gasteiger partial charge >= 0.3 is 0 Å². The molecule has 0 fully saturated rings. The number of methoxy groups -OCH3 is 2. The Morgan fingerprint density at radius 3 is 2.52 bits per heavy atom. The van der Waals surface area contributed by atoms with Gasteiger partial charge in [0.15, 0.2) is 22.8 Å². The van der Waals surface area contributed by atoms with Gasteiger partial charge in [0.05, 0.1) is 19.7 Å². The molecule has 0 aliphatic rings. The lowest BCUT2D eigenvalue weighted by Crippen LogP contribution is -2.21. The maximum atomic E-state index is 14.8. The van der Waals surface area contributed by atoms with Crippen molar-refractivity contribution in [2.75, 3.05) is 19.5 Å². The van der Waals surface area contributed by atoms with Crippen LogP contribution in [-0.4, -0.2) is 35.1 Å². The number of ether oxygens (including phenoxy) is 3. The zero-order valence-electron chi connectivity index (χ0n) is 17.3. The fourth-order valence-electron chi connectivity index (χ4n) is 3.06. The molecule has 0 atom stereocenters. The van der Waals surface area contributed by atoms with E-state index < -0.39 is 28.7 Å². The molecule has 3 aromatic heterocycles. The molecular formula is C22H16F2N4O5. The summed E-state index contributed by atoms with van der Waals surface area (Å²) in [6, 6.07) is 5.81. The Bertz CT molecular complexity index is 1400. The maximum absolute atomic E-state index is 14.8. The van der Waals surface area contributed by atoms with E-state index in [1.165, 1.54) is 44.9 Å². The van der Waals surface area contributed by atoms with Crippen molar-refractivity contribution < 1.29 is 27.8 Å². The van der Waals surface area contributed by atoms with Crippen molar-refractivity contribution >= 4 is 22.5 Å². The van der Waals surface area contributed by atoms with E-state index in [-0.39, 0.29) is 34.1 Å². The van der Waals surface area contributed by atoms with Gasteiger partial charge in [-0.2, -0.15) is 4.98 Å². The molecule has 1 amide bonds. The molecule has 168 valence electrons. The minimum absolute atomic E-state index is 0.0393. The number of amides is 1. The number of hydrogen-bond donors (Lipinski definition) is 2. The fourth-order valence-corrected chi connectivity index (χ4v) is 3.06. The van der Waals surface area contributed by atoms with Gasteiger partial charge in [-0.25, -0.2) is 8.78 Å². The molecule has 3 heterocycles. The molecule has 0 bridgehead atoms. The summed E-state index contributed by atoms with van der Waals surface area (Å²) >= 11 is 0. The number of pyridine rings is 3. The van der Waals surface area contributed by atoms with Gasteiger partial charge in [-0.3, -0.25) is 14.6 Å². The molecule has 2 N–H and O–H groups in total. The standard InChI is InChI=1S/C22H16F2N4O5/c1-31-18-9-15-19(22(28-18)32-2)17(4-6-26-15)33-20-13(23)7-11(8-14(20)24)27-21(30)12-10-25-5-3-16(12)29/h3-10H,1-2H3,(H,25,29)(H,27,30). The van der Waals surface area contributed by atoms with Crippen molar-refractivity contribution in [2.24, 2.45) is 0 Å². The second-order valence-electron chi connectivity index (χ2n) is 6.62. The highest BCUT2D eigenvalue weighted by molar-refractivity contribution is 6.04. The van der Waals surface area contributed by atoms with Crippen molar-refractivity contribution in [3.63, 3.8) is 0 Å². The Kier molecular flexibility index (Phi) is 5.85. The van der Waals surface area contributed by atoms with Crippen molar-refractivity contribution in [1.82, 2.24) is 15.0 Å². The SMILES string of the molecule is COc1cc2nccc(Oc3c(F)cc(NC(=O)c4c[nH]ccc4=O)cc3F)c2c(OC)n1. The second kappa shape index (κ2) is 8.91. The number of halogens is 2. The van der Waals surface area contributed by atoms with Crippen molar-refractivity contribution in [3.05, 3.63) is 76.3 Å². The van der Waals surface area contributed by atoms with E-state index in [4.69, 9.17) is 14.2 Å². The van der Waals surface area contributed by atoms with Crippen LogP contribution in [0.15, 0.2) is 53.7 Å². The van der Waals surface area contributed by atoms with Gasteiger partial charge in [-0.1, -0.05) is 0 Å². The van der Waals surface area contributed by atoms with E-state index in [2.05, 4.69) is 20.3 Å². The van der Waals surface area contributed by atoms with Gasteiger partial charge in [-0.05, 0) is 6.07 Å². The molecule has 0 spiro atoms. The summed E-state index contributed by atoms with van der Waals surface area (Å²) in [7, 11) is 2.79. The monoisotopic (exact) mass is 454 g/mol. The van der Waals surface area contributed by atoms with Crippen LogP contribution < -0.4 is 25.0 Å². The zero-order valence-corrected chi connectivity index (χ0v) is 17.3. The predicted molar refractivity (Wildman–Crippen MR) is 114 cm³/mol. The number of carbonyl (C=O) groups excluding carboxylic acids is 1. The van der Waals surface area contributed by atoms with Crippen LogP contribution in [0.1, 0.15) is 10.4 Å². The minimum atomic E-state index is -1.09. The third-order valence-electron chi connectivity index (χ3n) is 4.57. The van der Waals surface area contributed by atoms with Gasteiger partial charge in [-0.15, -0.1) is 0 Å². The lowest BCUT2D eigenvalue weighted by Gasteiger charge is -2.14. The van der Waals surface area contributed by atoms with Gasteiger partial charge in [0, 0.05) is 48.5 Å². The van der Waals surface area contributed by atoms with Crippen LogP contribution in [0, 0.1) is 11.6 Å². The molecule has 0 saturated carbocycles. The molecule has 33 heavy (non-hydrogen) atoms. The summed E-state index contributed by atoms with van der Waals surface area (Å²) in [4.78, 5) is 34.9. The topological polar surface area (TPSA) is 115 Å². The summed E-state index contributed by atoms with van der Waals surface area (Å²) < 4.78 is 45.4. The maximum Gasteiger partial charge on any atom is 0.261 e. The van der Waals surface area contributed by atoms with Crippen molar-refractivity contribution in [1.29, 1.82) is 0 Å². The van der Waals surface area contributed by atoms with Gasteiger partial charge in [0.25, 0.3) is 5.91 Å². The zero-order chi connectivity index (χ0) is 23.5. The molecule has 11 heteroatoms. The smallest absolute Gasteiger partial charge is 0.261 e. The lowest BCUT2D eigenvalue weighted by atomic mass is 10.2. The highest BCUT2D eigenvalue weighted by Gasteiger charge is 2.20. The number of hydrogen-bond acceptors (Lipinski definition) is 7. The second-order valence-corrected chi connectivity index (χ2v) is 6.62. The van der Waals surface area contributed by atoms with E-state index >= 15 is 0 Å². The molecule has 1 aromatic carbocycles. The number of aromatic nitrogens is 3. The molecule has 4 rings (SSSR count). The Morgan fingerprint density at radius 2 is 1.85 bits per heavy atom. The molecule has 0 aliphatic carbocycles. The van der Waals surface area contributed by atoms with Crippen molar-refractivity contribution in [2.45, 2.75) is 0 Å². The first-order chi connectivity index (χ1) is 15.9. The number of benzene rings is 1. The van der Waals surface area contributed by atoms with E-state index in [0.717, 1.165) is 18.2 Å². The summed E-state index contributed by atoms with van der Waals surface area (Å²) in [5, 5.41) is 2.56. The summed E-state index contributed by atoms with van der Waals surface area (Å²) in [6.45, 7) is 0. The fraction of sp³-hybridized carbons (Fsp3) is 0.0909. The van der Waals surface area contributed by atoms with E-state index in [1.54, 1.807) is 0 Å². The highest BCUT2D eigenvalue weighted by Crippen LogP contribution is 2.38. The number of fused-ring (bicyclic) bond motifs is 1. The molecule has 0 aliphatic heterocycles. The first-order valence-electron chi connectivity index (χ1n) is 9.44. The quantitative estimate of drug-likeness (QED) is 0.457. The lowest BCUT2D eigenvalue weighted by molar-refractivity contribution is 0.102. The largest absolute Gasteiger partial charge is 0.481 e. The molecule has 0 saturated heterocycles. The third kappa shape index (κ3) is 4.28. The Hall–Kier alpha value is -4.54. The summed E-state index contributed by atoms with van der Waals surface area (Å²) in [6.07, 6.45) is 3.93. The molecule has 0 radical (unpaired) electrons. The van der Waals surface area contributed by atoms with Crippen LogP contribution in [0.2, 0.25) is 0 Å². The van der Waals surface area contributed by atoms with Crippen LogP contribution in [0.25, 0.3) is 10.9 Å². The number of carbonyl (C=O) groups is 1. The number of anilines is 1. The van der Waals surface area contributed by atoms with Crippen LogP contribution in [0.4, 0.5) is 14.5 Å². The van der Waals surface area contributed by atoms with Crippen LogP contribution >= 0.6 is 0 Å². The minimum Gasteiger partial charge on any atom is -0.481 e. The number of nitrogens with one attached hydrogen (secondary N) is 2. The number of nitrogens with zero attached hydrogens (tertiary/aromatic N) is 2. The normalized spacial score (nSPS) is 10.7. The van der Waals surface area contributed by atoms with Gasteiger partial charge < -0.3 is 24.5 Å². The predicted octanol–water partition coefficient (Wildman–Crippen LogP) is 3.66. The Balaban J connectivity index is 1.68. The van der Waals surface area contributed by atoms with Crippen LogP contribution in [-0.2, 0) is 0 Å². The van der Waals surface area contributed by atoms with Crippen LogP contribution in [0.5, 0.6) is 23.3 Å². The summed E-state index contributed by atoms with van der Waals surface area (Å²) in [5.41, 5.74) is -0.587. The first-order valence-corrected chi connectivity index (χ1v) is 9.44. The first kappa shape index (κ1) is 21.7. The third-order valence-corrected chi connectivity index (χ3v) is 4.57. The average molecular weight is 454 g/mol. The summed E-state index contributed by atoms with van der Waals surface area (Å²) in [5.74, 6) is -3.35. The molecule has 4 aromatic rings. The number of H-pyrrole nitrogens is 1. The Labute approximate surface area is 185 Å². The number of aromatic amines is 1. The van der Waals surface area contributed by atoms with E-state index in [1.807, 2.05) is 0 Å².